The molecule has 0 aromatic heterocycles. The zero-order valence-corrected chi connectivity index (χ0v) is 11.0. The second-order valence-electron chi connectivity index (χ2n) is 3.46. The van der Waals surface area contributed by atoms with Gasteiger partial charge < -0.3 is 9.47 Å². The van der Waals surface area contributed by atoms with Crippen LogP contribution in [-0.4, -0.2) is 25.7 Å². The first-order chi connectivity index (χ1) is 8.27. The molecule has 0 atom stereocenters. The fraction of sp³-hybridized carbons (Fsp3) is 0.429. The molecule has 0 radical (unpaired) electrons. The maximum Gasteiger partial charge on any atom is 0.119 e. The smallest absolute Gasteiger partial charge is 0.119 e. The van der Waals surface area contributed by atoms with Crippen LogP contribution in [0.4, 0.5) is 0 Å². The first-order valence-electron chi connectivity index (χ1n) is 5.64. The van der Waals surface area contributed by atoms with E-state index < -0.39 is 0 Å². The van der Waals surface area contributed by atoms with Crippen LogP contribution in [0.25, 0.3) is 0 Å². The molecule has 0 N–H and O–H groups in total. The van der Waals surface area contributed by atoms with Crippen LogP contribution in [0.5, 0.6) is 5.75 Å². The summed E-state index contributed by atoms with van der Waals surface area (Å²) in [5.41, 5.74) is 2.08. The first-order valence-corrected chi connectivity index (χ1v) is 6.17. The summed E-state index contributed by atoms with van der Waals surface area (Å²) in [5, 5.41) is 0. The Balaban J connectivity index is 2.56. The number of rotatable bonds is 5. The molecule has 0 fully saturated rings. The molecule has 0 aliphatic carbocycles. The lowest BCUT2D eigenvalue weighted by atomic mass is 10.1. The van der Waals surface area contributed by atoms with Gasteiger partial charge >= 0.3 is 0 Å². The third-order valence-electron chi connectivity index (χ3n) is 2.19. The summed E-state index contributed by atoms with van der Waals surface area (Å²) in [6, 6.07) is 5.84. The van der Waals surface area contributed by atoms with Crippen molar-refractivity contribution in [3.8, 4) is 17.6 Å². The van der Waals surface area contributed by atoms with Gasteiger partial charge in [0.25, 0.3) is 0 Å². The lowest BCUT2D eigenvalue weighted by Gasteiger charge is -2.07. The Morgan fingerprint density at radius 2 is 2.12 bits per heavy atom. The molecule has 0 bridgehead atoms. The van der Waals surface area contributed by atoms with Gasteiger partial charge in [-0.15, -0.1) is 11.6 Å². The number of aryl methyl sites for hydroxylation is 1. The molecule has 1 rings (SSSR count). The van der Waals surface area contributed by atoms with E-state index in [0.717, 1.165) is 23.5 Å². The Morgan fingerprint density at radius 1 is 1.29 bits per heavy atom. The van der Waals surface area contributed by atoms with Crippen LogP contribution in [0.1, 0.15) is 18.1 Å². The highest BCUT2D eigenvalue weighted by molar-refractivity contribution is 6.19. The molecule has 0 heterocycles. The van der Waals surface area contributed by atoms with Gasteiger partial charge in [-0.2, -0.15) is 0 Å². The van der Waals surface area contributed by atoms with Crippen LogP contribution in [0.3, 0.4) is 0 Å². The van der Waals surface area contributed by atoms with Gasteiger partial charge in [-0.25, -0.2) is 0 Å². The molecule has 0 saturated heterocycles. The van der Waals surface area contributed by atoms with Crippen LogP contribution < -0.4 is 4.74 Å². The van der Waals surface area contributed by atoms with E-state index in [1.165, 1.54) is 0 Å². The first kappa shape index (κ1) is 13.9. The third kappa shape index (κ3) is 5.12. The van der Waals surface area contributed by atoms with E-state index in [4.69, 9.17) is 21.1 Å². The van der Waals surface area contributed by atoms with E-state index >= 15 is 0 Å². The van der Waals surface area contributed by atoms with Crippen molar-refractivity contribution in [2.24, 2.45) is 0 Å². The minimum atomic E-state index is 0.353. The van der Waals surface area contributed by atoms with Crippen molar-refractivity contribution in [2.75, 3.05) is 25.7 Å². The molecule has 2 nitrogen and oxygen atoms in total. The molecule has 0 aliphatic heterocycles. The monoisotopic (exact) mass is 252 g/mol. The van der Waals surface area contributed by atoms with Gasteiger partial charge in [0.1, 0.15) is 12.4 Å². The number of hydrogen-bond donors (Lipinski definition) is 0. The van der Waals surface area contributed by atoms with E-state index in [9.17, 15) is 0 Å². The lowest BCUT2D eigenvalue weighted by molar-refractivity contribution is 0.110. The Labute approximate surface area is 108 Å². The van der Waals surface area contributed by atoms with E-state index in [-0.39, 0.29) is 0 Å². The van der Waals surface area contributed by atoms with Crippen molar-refractivity contribution < 1.29 is 9.47 Å². The molecule has 17 heavy (non-hydrogen) atoms. The second-order valence-corrected chi connectivity index (χ2v) is 3.72. The van der Waals surface area contributed by atoms with E-state index in [1.807, 2.05) is 32.0 Å². The molecule has 0 aliphatic rings. The zero-order valence-electron chi connectivity index (χ0n) is 10.3. The van der Waals surface area contributed by atoms with Crippen molar-refractivity contribution in [1.29, 1.82) is 0 Å². The lowest BCUT2D eigenvalue weighted by Crippen LogP contribution is -2.06. The van der Waals surface area contributed by atoms with Gasteiger partial charge in [0.2, 0.25) is 0 Å². The largest absolute Gasteiger partial charge is 0.491 e. The predicted octanol–water partition coefficient (Wildman–Crippen LogP) is 3.00. The maximum atomic E-state index is 5.55. The van der Waals surface area contributed by atoms with Crippen molar-refractivity contribution in [3.05, 3.63) is 29.3 Å². The SMILES string of the molecule is CCOCCOc1ccc(C#CCCl)c(C)c1. The topological polar surface area (TPSA) is 18.5 Å². The number of ether oxygens (including phenoxy) is 2. The predicted molar refractivity (Wildman–Crippen MR) is 70.8 cm³/mol. The fourth-order valence-corrected chi connectivity index (χ4v) is 1.42. The molecular formula is C14H17ClO2. The van der Waals surface area contributed by atoms with Gasteiger partial charge in [-0.1, -0.05) is 11.8 Å². The minimum Gasteiger partial charge on any atom is -0.491 e. The minimum absolute atomic E-state index is 0.353. The normalized spacial score (nSPS) is 9.59. The number of halogens is 1. The Bertz CT molecular complexity index is 404. The fourth-order valence-electron chi connectivity index (χ4n) is 1.36. The third-order valence-corrected chi connectivity index (χ3v) is 2.32. The highest BCUT2D eigenvalue weighted by Gasteiger charge is 1.98. The van der Waals surface area contributed by atoms with Crippen molar-refractivity contribution in [2.45, 2.75) is 13.8 Å². The highest BCUT2D eigenvalue weighted by atomic mass is 35.5. The summed E-state index contributed by atoms with van der Waals surface area (Å²) in [6.45, 7) is 5.88. The summed E-state index contributed by atoms with van der Waals surface area (Å²) in [7, 11) is 0. The van der Waals surface area contributed by atoms with Gasteiger partial charge in [-0.05, 0) is 37.6 Å². The second kappa shape index (κ2) is 8.00. The average Bonchev–Trinajstić information content (AvgIpc) is 2.34. The Morgan fingerprint density at radius 3 is 2.76 bits per heavy atom. The summed E-state index contributed by atoms with van der Waals surface area (Å²) in [5.74, 6) is 7.04. The Hall–Kier alpha value is -1.17. The summed E-state index contributed by atoms with van der Waals surface area (Å²) in [4.78, 5) is 0. The van der Waals surface area contributed by atoms with Crippen LogP contribution in [-0.2, 0) is 4.74 Å². The summed E-state index contributed by atoms with van der Waals surface area (Å²) >= 11 is 5.52. The summed E-state index contributed by atoms with van der Waals surface area (Å²) < 4.78 is 10.7. The quantitative estimate of drug-likeness (QED) is 0.456. The van der Waals surface area contributed by atoms with Gasteiger partial charge in [0.05, 0.1) is 12.5 Å². The standard InChI is InChI=1S/C14H17ClO2/c1-3-16-9-10-17-14-7-6-13(5-4-8-15)12(2)11-14/h6-7,11H,3,8-10H2,1-2H3. The average molecular weight is 253 g/mol. The van der Waals surface area contributed by atoms with E-state index in [2.05, 4.69) is 11.8 Å². The van der Waals surface area contributed by atoms with Crippen molar-refractivity contribution in [3.63, 3.8) is 0 Å². The number of benzene rings is 1. The molecule has 0 amide bonds. The van der Waals surface area contributed by atoms with E-state index in [1.54, 1.807) is 0 Å². The van der Waals surface area contributed by atoms with Gasteiger partial charge in [0.15, 0.2) is 0 Å². The number of hydrogen-bond acceptors (Lipinski definition) is 2. The highest BCUT2D eigenvalue weighted by Crippen LogP contribution is 2.16. The van der Waals surface area contributed by atoms with Crippen molar-refractivity contribution >= 4 is 11.6 Å². The van der Waals surface area contributed by atoms with Gasteiger partial charge in [0, 0.05) is 12.2 Å². The number of alkyl halides is 1. The molecule has 0 unspecified atom stereocenters. The summed E-state index contributed by atoms with van der Waals surface area (Å²) in [6.07, 6.45) is 0. The zero-order chi connectivity index (χ0) is 12.5. The molecule has 0 spiro atoms. The molecule has 1 aromatic rings. The van der Waals surface area contributed by atoms with Crippen LogP contribution in [0, 0.1) is 18.8 Å². The molecule has 3 heteroatoms. The molecule has 1 aromatic carbocycles. The van der Waals surface area contributed by atoms with Crippen LogP contribution in [0.15, 0.2) is 18.2 Å². The van der Waals surface area contributed by atoms with Crippen molar-refractivity contribution in [1.82, 2.24) is 0 Å². The van der Waals surface area contributed by atoms with E-state index in [0.29, 0.717) is 19.1 Å². The Kier molecular flexibility index (Phi) is 6.54. The van der Waals surface area contributed by atoms with Gasteiger partial charge in [-0.3, -0.25) is 0 Å². The van der Waals surface area contributed by atoms with Crippen LogP contribution >= 0.6 is 11.6 Å². The molecule has 0 saturated carbocycles. The van der Waals surface area contributed by atoms with Crippen LogP contribution in [0.2, 0.25) is 0 Å². The molecule has 92 valence electrons. The maximum absolute atomic E-state index is 5.55. The molecular weight excluding hydrogens is 236 g/mol.